The van der Waals surface area contributed by atoms with Crippen molar-refractivity contribution in [3.05, 3.63) is 98.5 Å². The van der Waals surface area contributed by atoms with E-state index in [0.717, 1.165) is 4.47 Å². The number of nitrogens with zero attached hydrogens (tertiary/aromatic N) is 3. The van der Waals surface area contributed by atoms with E-state index in [9.17, 15) is 9.59 Å². The molecular formula is C27H24BrN3O4. The summed E-state index contributed by atoms with van der Waals surface area (Å²) in [5.41, 5.74) is 1.50. The van der Waals surface area contributed by atoms with Gasteiger partial charge in [0.1, 0.15) is 5.82 Å². The molecule has 0 saturated heterocycles. The fraction of sp³-hybridized carbons (Fsp3) is 0.185. The Bertz CT molecular complexity index is 1460. The first kappa shape index (κ1) is 24.3. The van der Waals surface area contributed by atoms with Crippen molar-refractivity contribution < 1.29 is 14.3 Å². The first-order valence-electron chi connectivity index (χ1n) is 11.2. The van der Waals surface area contributed by atoms with Crippen LogP contribution in [0.5, 0.6) is 11.5 Å². The molecule has 0 aliphatic carbocycles. The number of halogens is 1. The lowest BCUT2D eigenvalue weighted by molar-refractivity contribution is 0.0728. The number of benzene rings is 3. The molecule has 3 aromatic carbocycles. The lowest BCUT2D eigenvalue weighted by Gasteiger charge is -2.12. The second-order valence-corrected chi connectivity index (χ2v) is 8.95. The van der Waals surface area contributed by atoms with Crippen molar-refractivity contribution >= 4 is 39.0 Å². The molecule has 35 heavy (non-hydrogen) atoms. The Labute approximate surface area is 211 Å². The maximum atomic E-state index is 13.1. The Morgan fingerprint density at radius 2 is 1.83 bits per heavy atom. The van der Waals surface area contributed by atoms with Gasteiger partial charge in [0.2, 0.25) is 0 Å². The van der Waals surface area contributed by atoms with Gasteiger partial charge in [-0.25, -0.2) is 9.78 Å². The van der Waals surface area contributed by atoms with Crippen LogP contribution in [-0.2, 0) is 0 Å². The molecule has 8 heteroatoms. The van der Waals surface area contributed by atoms with E-state index in [2.05, 4.69) is 26.0 Å². The van der Waals surface area contributed by atoms with E-state index in [1.54, 1.807) is 60.8 Å². The molecule has 0 fully saturated rings. The van der Waals surface area contributed by atoms with Crippen LogP contribution in [0.2, 0.25) is 0 Å². The predicted octanol–water partition coefficient (Wildman–Crippen LogP) is 5.78. The van der Waals surface area contributed by atoms with Gasteiger partial charge < -0.3 is 9.47 Å². The Morgan fingerprint density at radius 3 is 2.54 bits per heavy atom. The molecule has 0 radical (unpaired) electrons. The minimum Gasteiger partial charge on any atom is -0.490 e. The zero-order valence-electron chi connectivity index (χ0n) is 19.6. The zero-order chi connectivity index (χ0) is 24.9. The number of aromatic nitrogens is 2. The van der Waals surface area contributed by atoms with E-state index < -0.39 is 5.97 Å². The molecule has 0 saturated carbocycles. The molecule has 0 aliphatic heterocycles. The lowest BCUT2D eigenvalue weighted by atomic mass is 10.2. The summed E-state index contributed by atoms with van der Waals surface area (Å²) in [5, 5.41) is 4.94. The molecular weight excluding hydrogens is 510 g/mol. The zero-order valence-corrected chi connectivity index (χ0v) is 21.2. The lowest BCUT2D eigenvalue weighted by Crippen LogP contribution is -2.23. The number of fused-ring (bicyclic) bond motifs is 1. The van der Waals surface area contributed by atoms with Crippen molar-refractivity contribution in [2.75, 3.05) is 6.61 Å². The highest BCUT2D eigenvalue weighted by molar-refractivity contribution is 9.10. The predicted molar refractivity (Wildman–Crippen MR) is 140 cm³/mol. The number of ether oxygens (including phenoxy) is 2. The van der Waals surface area contributed by atoms with Gasteiger partial charge in [-0.3, -0.25) is 4.79 Å². The van der Waals surface area contributed by atoms with Crippen LogP contribution in [0.25, 0.3) is 10.9 Å². The third-order valence-electron chi connectivity index (χ3n) is 5.17. The number of carbonyl (C=O) groups is 1. The van der Waals surface area contributed by atoms with Crippen molar-refractivity contribution in [3.8, 4) is 11.5 Å². The molecule has 0 atom stereocenters. The normalized spacial score (nSPS) is 11.3. The third-order valence-corrected chi connectivity index (χ3v) is 5.70. The summed E-state index contributed by atoms with van der Waals surface area (Å²) in [4.78, 5) is 30.3. The highest BCUT2D eigenvalue weighted by atomic mass is 79.9. The monoisotopic (exact) mass is 533 g/mol. The molecule has 0 spiro atoms. The van der Waals surface area contributed by atoms with Crippen molar-refractivity contribution in [3.63, 3.8) is 0 Å². The van der Waals surface area contributed by atoms with Crippen LogP contribution in [0.3, 0.4) is 0 Å². The summed E-state index contributed by atoms with van der Waals surface area (Å²) in [5.74, 6) is 0.758. The summed E-state index contributed by atoms with van der Waals surface area (Å²) in [6.45, 7) is 6.15. The van der Waals surface area contributed by atoms with Gasteiger partial charge in [-0.2, -0.15) is 9.78 Å². The Morgan fingerprint density at radius 1 is 1.09 bits per heavy atom. The standard InChI is InChI=1S/C27H24BrN3O4/c1-4-34-24-15-18(9-14-23(24)35-27(33)19-10-12-20(28)13-11-19)16-29-31-25(17(2)3)30-22-8-6-5-7-21(22)26(31)32/h5-17H,4H2,1-3H3. The van der Waals surface area contributed by atoms with Gasteiger partial charge in [-0.15, -0.1) is 0 Å². The Balaban J connectivity index is 1.66. The van der Waals surface area contributed by atoms with Crippen LogP contribution in [0.15, 0.2) is 81.1 Å². The largest absolute Gasteiger partial charge is 0.490 e. The number of esters is 1. The number of carbonyl (C=O) groups excluding carboxylic acids is 1. The Hall–Kier alpha value is -3.78. The van der Waals surface area contributed by atoms with E-state index in [1.807, 2.05) is 32.9 Å². The number of rotatable bonds is 7. The topological polar surface area (TPSA) is 82.8 Å². The second kappa shape index (κ2) is 10.7. The summed E-state index contributed by atoms with van der Waals surface area (Å²) >= 11 is 3.35. The Kier molecular flexibility index (Phi) is 7.41. The minimum absolute atomic E-state index is 0.0103. The highest BCUT2D eigenvalue weighted by Crippen LogP contribution is 2.29. The van der Waals surface area contributed by atoms with Crippen LogP contribution < -0.4 is 15.0 Å². The van der Waals surface area contributed by atoms with E-state index in [1.165, 1.54) is 4.68 Å². The van der Waals surface area contributed by atoms with Gasteiger partial charge in [0.05, 0.1) is 29.3 Å². The van der Waals surface area contributed by atoms with E-state index >= 15 is 0 Å². The first-order chi connectivity index (χ1) is 16.9. The quantitative estimate of drug-likeness (QED) is 0.171. The van der Waals surface area contributed by atoms with Gasteiger partial charge in [-0.1, -0.05) is 41.9 Å². The van der Waals surface area contributed by atoms with E-state index in [-0.39, 0.29) is 11.5 Å². The van der Waals surface area contributed by atoms with Crippen molar-refractivity contribution in [2.24, 2.45) is 5.10 Å². The fourth-order valence-electron chi connectivity index (χ4n) is 3.45. The first-order valence-corrected chi connectivity index (χ1v) is 12.0. The summed E-state index contributed by atoms with van der Waals surface area (Å²) < 4.78 is 13.5. The second-order valence-electron chi connectivity index (χ2n) is 8.04. The molecule has 0 N–H and O–H groups in total. The van der Waals surface area contributed by atoms with Crippen LogP contribution in [0.4, 0.5) is 0 Å². The highest BCUT2D eigenvalue weighted by Gasteiger charge is 2.15. The summed E-state index contributed by atoms with van der Waals surface area (Å²) in [7, 11) is 0. The molecule has 4 rings (SSSR count). The van der Waals surface area contributed by atoms with Gasteiger partial charge in [0.15, 0.2) is 11.5 Å². The maximum absolute atomic E-state index is 13.1. The molecule has 1 aromatic heterocycles. The van der Waals surface area contributed by atoms with E-state index in [0.29, 0.717) is 46.0 Å². The molecule has 0 aliphatic rings. The molecule has 0 amide bonds. The number of hydrogen-bond acceptors (Lipinski definition) is 6. The van der Waals surface area contributed by atoms with Gasteiger partial charge in [0, 0.05) is 10.4 Å². The minimum atomic E-state index is -0.491. The van der Waals surface area contributed by atoms with Crippen molar-refractivity contribution in [1.29, 1.82) is 0 Å². The van der Waals surface area contributed by atoms with E-state index in [4.69, 9.17) is 9.47 Å². The van der Waals surface area contributed by atoms with Crippen molar-refractivity contribution in [2.45, 2.75) is 26.7 Å². The third kappa shape index (κ3) is 5.49. The van der Waals surface area contributed by atoms with Crippen LogP contribution in [0.1, 0.15) is 48.4 Å². The van der Waals surface area contributed by atoms with Gasteiger partial charge in [0.25, 0.3) is 5.56 Å². The summed E-state index contributed by atoms with van der Waals surface area (Å²) in [6.07, 6.45) is 1.56. The summed E-state index contributed by atoms with van der Waals surface area (Å²) in [6, 6.07) is 19.2. The maximum Gasteiger partial charge on any atom is 0.343 e. The number of para-hydroxylation sites is 1. The number of hydrogen-bond donors (Lipinski definition) is 0. The van der Waals surface area contributed by atoms with Crippen LogP contribution >= 0.6 is 15.9 Å². The SMILES string of the molecule is CCOc1cc(C=Nn2c(C(C)C)nc3ccccc3c2=O)ccc1OC(=O)c1ccc(Br)cc1. The van der Waals surface area contributed by atoms with Gasteiger partial charge >= 0.3 is 5.97 Å². The molecule has 4 aromatic rings. The average molecular weight is 534 g/mol. The molecule has 0 bridgehead atoms. The molecule has 7 nitrogen and oxygen atoms in total. The molecule has 178 valence electrons. The van der Waals surface area contributed by atoms with Crippen LogP contribution in [-0.4, -0.2) is 28.5 Å². The molecule has 1 heterocycles. The fourth-order valence-corrected chi connectivity index (χ4v) is 3.72. The smallest absolute Gasteiger partial charge is 0.343 e. The van der Waals surface area contributed by atoms with Gasteiger partial charge in [-0.05, 0) is 67.1 Å². The molecule has 0 unspecified atom stereocenters. The van der Waals surface area contributed by atoms with Crippen molar-refractivity contribution in [1.82, 2.24) is 9.66 Å². The average Bonchev–Trinajstić information content (AvgIpc) is 2.85. The van der Waals surface area contributed by atoms with Crippen LogP contribution in [0, 0.1) is 0 Å².